The van der Waals surface area contributed by atoms with Crippen molar-refractivity contribution in [3.05, 3.63) is 53.8 Å². The summed E-state index contributed by atoms with van der Waals surface area (Å²) >= 11 is 1.62. The van der Waals surface area contributed by atoms with Gasteiger partial charge in [0, 0.05) is 91.9 Å². The number of methoxy groups -OCH3 is 1. The summed E-state index contributed by atoms with van der Waals surface area (Å²) in [6.45, 7) is 5.49. The van der Waals surface area contributed by atoms with Crippen molar-refractivity contribution in [1.82, 2.24) is 30.0 Å². The first-order chi connectivity index (χ1) is 20.9. The van der Waals surface area contributed by atoms with E-state index in [9.17, 15) is 9.59 Å². The van der Waals surface area contributed by atoms with E-state index in [4.69, 9.17) is 4.74 Å². The third-order valence-corrected chi connectivity index (χ3v) is 9.82. The van der Waals surface area contributed by atoms with Gasteiger partial charge < -0.3 is 19.9 Å². The van der Waals surface area contributed by atoms with Crippen LogP contribution in [0.2, 0.25) is 0 Å². The molecule has 7 rings (SSSR count). The van der Waals surface area contributed by atoms with Gasteiger partial charge >= 0.3 is 0 Å². The van der Waals surface area contributed by atoms with E-state index in [0.717, 1.165) is 46.1 Å². The highest BCUT2D eigenvalue weighted by molar-refractivity contribution is 7.13. The highest BCUT2D eigenvalue weighted by Crippen LogP contribution is 2.40. The number of hydrogen-bond donors (Lipinski definition) is 2. The molecule has 0 unspecified atom stereocenters. The van der Waals surface area contributed by atoms with Crippen LogP contribution in [0, 0.1) is 0 Å². The number of rotatable bonds is 8. The second-order valence-electron chi connectivity index (χ2n) is 11.9. The van der Waals surface area contributed by atoms with Crippen molar-refractivity contribution in [2.45, 2.75) is 43.7 Å². The molecule has 3 aliphatic rings. The molecule has 224 valence electrons. The Kier molecular flexibility index (Phi) is 7.36. The third-order valence-electron chi connectivity index (χ3n) is 8.98. The molecule has 1 aliphatic carbocycles. The van der Waals surface area contributed by atoms with Gasteiger partial charge in [-0.05, 0) is 56.5 Å². The van der Waals surface area contributed by atoms with Crippen molar-refractivity contribution in [2.24, 2.45) is 0 Å². The van der Waals surface area contributed by atoms with Crippen molar-refractivity contribution in [1.29, 1.82) is 0 Å². The molecule has 0 spiro atoms. The topological polar surface area (TPSA) is 120 Å². The number of amides is 2. The number of piperazine rings is 1. The summed E-state index contributed by atoms with van der Waals surface area (Å²) in [7, 11) is 1.57. The first-order valence-corrected chi connectivity index (χ1v) is 15.8. The lowest BCUT2D eigenvalue weighted by atomic mass is 10.0. The Balaban J connectivity index is 1.00. The Hall–Kier alpha value is -3.87. The number of nitrogens with one attached hydrogen (secondary N) is 2. The van der Waals surface area contributed by atoms with Crippen molar-refractivity contribution < 1.29 is 14.3 Å². The molecule has 3 fully saturated rings. The molecule has 2 atom stereocenters. The zero-order valence-electron chi connectivity index (χ0n) is 24.5. The molecular formula is C31H36N8O3S. The van der Waals surface area contributed by atoms with Crippen molar-refractivity contribution in [3.63, 3.8) is 0 Å². The molecule has 2 N–H and O–H groups in total. The van der Waals surface area contributed by atoms with E-state index in [1.807, 2.05) is 51.8 Å². The van der Waals surface area contributed by atoms with Gasteiger partial charge in [0.15, 0.2) is 10.7 Å². The summed E-state index contributed by atoms with van der Waals surface area (Å²) in [5.74, 6) is 0.422. The molecule has 5 heterocycles. The number of aromatic amines is 1. The fourth-order valence-electron chi connectivity index (χ4n) is 6.35. The maximum Gasteiger partial charge on any atom is 0.258 e. The lowest BCUT2D eigenvalue weighted by molar-refractivity contribution is -0.138. The molecule has 1 saturated carbocycles. The molecule has 43 heavy (non-hydrogen) atoms. The van der Waals surface area contributed by atoms with E-state index in [1.54, 1.807) is 18.4 Å². The number of nitrogens with zero attached hydrogens (tertiary/aromatic N) is 6. The highest BCUT2D eigenvalue weighted by atomic mass is 32.1. The predicted molar refractivity (Wildman–Crippen MR) is 166 cm³/mol. The van der Waals surface area contributed by atoms with Crippen LogP contribution in [0.4, 0.5) is 10.8 Å². The normalized spacial score (nSPS) is 22.8. The number of hydrogen-bond acceptors (Lipinski definition) is 9. The SMILES string of the molecule is CO[C@@]1(C(=O)Nc2ccc3[nH]nc(-c4ccnc(C5CC5)c4)c3c2)CCN(CC(=O)N2CCN(c3nccs3)C[C@H]2C)C1. The maximum absolute atomic E-state index is 13.7. The van der Waals surface area contributed by atoms with Crippen LogP contribution in [0.25, 0.3) is 22.2 Å². The standard InChI is InChI=1S/C31H36N8O3S/c1-20-17-38(30-33-10-14-43-30)12-13-39(20)27(40)18-37-11-8-31(19-37,42-2)29(41)34-23-5-6-25-24(16-23)28(36-35-25)22-7-9-32-26(15-22)21-3-4-21/h5-7,9-10,14-16,20-21H,3-4,8,11-13,17-19H2,1-2H3,(H,34,41)(H,35,36)/t20-,31+/m1/s1. The van der Waals surface area contributed by atoms with Gasteiger partial charge in [-0.3, -0.25) is 24.6 Å². The number of ether oxygens (including phenoxy) is 1. The van der Waals surface area contributed by atoms with Gasteiger partial charge in [0.1, 0.15) is 5.69 Å². The molecule has 2 amide bonds. The smallest absolute Gasteiger partial charge is 0.258 e. The molecule has 12 heteroatoms. The van der Waals surface area contributed by atoms with Gasteiger partial charge in [-0.1, -0.05) is 0 Å². The maximum atomic E-state index is 13.7. The van der Waals surface area contributed by atoms with Crippen molar-refractivity contribution in [2.75, 3.05) is 56.6 Å². The number of carbonyl (C=O) groups is 2. The van der Waals surface area contributed by atoms with Crippen LogP contribution in [0.1, 0.15) is 37.8 Å². The minimum Gasteiger partial charge on any atom is -0.367 e. The van der Waals surface area contributed by atoms with E-state index in [-0.39, 0.29) is 24.4 Å². The highest BCUT2D eigenvalue weighted by Gasteiger charge is 2.46. The minimum absolute atomic E-state index is 0.0810. The third kappa shape index (κ3) is 5.50. The first kappa shape index (κ1) is 27.9. The summed E-state index contributed by atoms with van der Waals surface area (Å²) in [6.07, 6.45) is 6.54. The molecule has 2 saturated heterocycles. The van der Waals surface area contributed by atoms with E-state index in [2.05, 4.69) is 43.4 Å². The molecule has 3 aromatic heterocycles. The monoisotopic (exact) mass is 600 g/mol. The van der Waals surface area contributed by atoms with Gasteiger partial charge in [-0.15, -0.1) is 11.3 Å². The number of H-pyrrole nitrogens is 1. The second-order valence-corrected chi connectivity index (χ2v) is 12.8. The Morgan fingerprint density at radius 3 is 2.79 bits per heavy atom. The summed E-state index contributed by atoms with van der Waals surface area (Å²) in [5, 5.41) is 14.7. The fraction of sp³-hybridized carbons (Fsp3) is 0.452. The Bertz CT molecular complexity index is 1640. The molecule has 0 radical (unpaired) electrons. The lowest BCUT2D eigenvalue weighted by Gasteiger charge is -2.40. The van der Waals surface area contributed by atoms with Crippen LogP contribution in [-0.2, 0) is 14.3 Å². The summed E-state index contributed by atoms with van der Waals surface area (Å²) in [4.78, 5) is 42.2. The second kappa shape index (κ2) is 11.3. The summed E-state index contributed by atoms with van der Waals surface area (Å²) < 4.78 is 5.86. The summed E-state index contributed by atoms with van der Waals surface area (Å²) in [6, 6.07) is 9.93. The van der Waals surface area contributed by atoms with E-state index in [1.165, 1.54) is 12.8 Å². The Labute approximate surface area is 254 Å². The molecule has 2 aliphatic heterocycles. The molecule has 1 aromatic carbocycles. The fourth-order valence-corrected chi connectivity index (χ4v) is 7.03. The van der Waals surface area contributed by atoms with Gasteiger partial charge in [0.05, 0.1) is 12.1 Å². The number of thiazole rings is 1. The number of anilines is 2. The summed E-state index contributed by atoms with van der Waals surface area (Å²) in [5.41, 5.74) is 3.49. The number of aromatic nitrogens is 4. The quantitative estimate of drug-likeness (QED) is 0.314. The van der Waals surface area contributed by atoms with E-state index < -0.39 is 5.60 Å². The van der Waals surface area contributed by atoms with Gasteiger partial charge in [0.25, 0.3) is 5.91 Å². The van der Waals surface area contributed by atoms with E-state index >= 15 is 0 Å². The average molecular weight is 601 g/mol. The van der Waals surface area contributed by atoms with Crippen molar-refractivity contribution >= 4 is 44.9 Å². The van der Waals surface area contributed by atoms with Crippen molar-refractivity contribution in [3.8, 4) is 11.3 Å². The number of pyridine rings is 1. The molecule has 4 aromatic rings. The van der Waals surface area contributed by atoms with Crippen LogP contribution in [0.5, 0.6) is 0 Å². The van der Waals surface area contributed by atoms with E-state index in [0.29, 0.717) is 37.7 Å². The van der Waals surface area contributed by atoms with Gasteiger partial charge in [-0.25, -0.2) is 4.98 Å². The first-order valence-electron chi connectivity index (χ1n) is 14.9. The van der Waals surface area contributed by atoms with Gasteiger partial charge in [-0.2, -0.15) is 5.10 Å². The average Bonchev–Trinajstić information content (AvgIpc) is 3.38. The predicted octanol–water partition coefficient (Wildman–Crippen LogP) is 3.73. The molecular weight excluding hydrogens is 564 g/mol. The Morgan fingerprint density at radius 2 is 2.02 bits per heavy atom. The molecule has 11 nitrogen and oxygen atoms in total. The zero-order chi connectivity index (χ0) is 29.6. The number of fused-ring (bicyclic) bond motifs is 1. The minimum atomic E-state index is -1.03. The van der Waals surface area contributed by atoms with Crippen LogP contribution in [-0.4, -0.2) is 99.8 Å². The largest absolute Gasteiger partial charge is 0.367 e. The van der Waals surface area contributed by atoms with Crippen LogP contribution < -0.4 is 10.2 Å². The number of likely N-dealkylation sites (tertiary alicyclic amines) is 1. The zero-order valence-corrected chi connectivity index (χ0v) is 25.3. The Morgan fingerprint density at radius 1 is 1.14 bits per heavy atom. The van der Waals surface area contributed by atoms with Gasteiger partial charge in [0.2, 0.25) is 5.91 Å². The van der Waals surface area contributed by atoms with Crippen LogP contribution in [0.3, 0.4) is 0 Å². The number of benzene rings is 1. The molecule has 0 bridgehead atoms. The van der Waals surface area contributed by atoms with Crippen LogP contribution in [0.15, 0.2) is 48.1 Å². The lowest BCUT2D eigenvalue weighted by Crippen LogP contribution is -2.56. The van der Waals surface area contributed by atoms with Crippen LogP contribution >= 0.6 is 11.3 Å². The number of carbonyl (C=O) groups excluding carboxylic acids is 2.